The van der Waals surface area contributed by atoms with Crippen LogP contribution in [0.1, 0.15) is 70.1 Å². The molecule has 0 saturated carbocycles. The fraction of sp³-hybridized carbons (Fsp3) is 0.812. The van der Waals surface area contributed by atoms with Gasteiger partial charge in [-0.05, 0) is 26.7 Å². The molecule has 0 fully saturated rings. The van der Waals surface area contributed by atoms with E-state index in [2.05, 4.69) is 39.9 Å². The largest absolute Gasteiger partial charge is 0.389 e. The maximum atomic E-state index is 10.3. The highest BCUT2D eigenvalue weighted by atomic mass is 32.1. The zero-order valence-electron chi connectivity index (χ0n) is 14.2. The van der Waals surface area contributed by atoms with Gasteiger partial charge in [0.15, 0.2) is 0 Å². The first-order chi connectivity index (χ1) is 8.95. The number of hydrogen-bond donors (Lipinski definition) is 2. The van der Waals surface area contributed by atoms with Crippen LogP contribution in [-0.2, 0) is 5.41 Å². The van der Waals surface area contributed by atoms with Crippen molar-refractivity contribution >= 4 is 11.3 Å². The van der Waals surface area contributed by atoms with Gasteiger partial charge >= 0.3 is 0 Å². The van der Waals surface area contributed by atoms with Crippen LogP contribution in [0.2, 0.25) is 0 Å². The Bertz CT molecular complexity index is 444. The minimum absolute atomic E-state index is 0.0941. The van der Waals surface area contributed by atoms with E-state index in [-0.39, 0.29) is 17.4 Å². The molecule has 2 N–H and O–H groups in total. The van der Waals surface area contributed by atoms with E-state index in [1.165, 1.54) is 9.88 Å². The minimum atomic E-state index is -0.681. The van der Waals surface area contributed by atoms with Gasteiger partial charge in [-0.15, -0.1) is 11.3 Å². The molecule has 1 aromatic heterocycles. The Kier molecular flexibility index (Phi) is 5.39. The summed E-state index contributed by atoms with van der Waals surface area (Å²) in [5.41, 5.74) is 0.514. The van der Waals surface area contributed by atoms with E-state index in [9.17, 15) is 5.11 Å². The first-order valence-corrected chi connectivity index (χ1v) is 8.20. The molecule has 20 heavy (non-hydrogen) atoms. The number of aryl methyl sites for hydroxylation is 1. The van der Waals surface area contributed by atoms with Gasteiger partial charge in [0.05, 0.1) is 16.3 Å². The third kappa shape index (κ3) is 4.27. The second kappa shape index (κ2) is 6.12. The summed E-state index contributed by atoms with van der Waals surface area (Å²) in [4.78, 5) is 5.97. The monoisotopic (exact) mass is 298 g/mol. The van der Waals surface area contributed by atoms with Crippen molar-refractivity contribution in [3.05, 3.63) is 15.6 Å². The summed E-state index contributed by atoms with van der Waals surface area (Å²) in [5.74, 6) is 0.231. The molecule has 4 heteroatoms. The fourth-order valence-electron chi connectivity index (χ4n) is 1.79. The van der Waals surface area contributed by atoms with Crippen LogP contribution in [0, 0.1) is 12.8 Å². The van der Waals surface area contributed by atoms with Crippen molar-refractivity contribution in [2.45, 2.75) is 72.4 Å². The van der Waals surface area contributed by atoms with E-state index in [1.54, 1.807) is 11.3 Å². The lowest BCUT2D eigenvalue weighted by Crippen LogP contribution is -2.42. The number of rotatable bonds is 5. The van der Waals surface area contributed by atoms with Crippen LogP contribution in [0.5, 0.6) is 0 Å². The van der Waals surface area contributed by atoms with Crippen LogP contribution in [0.4, 0.5) is 0 Å². The van der Waals surface area contributed by atoms with Gasteiger partial charge in [0.25, 0.3) is 0 Å². The number of aromatic nitrogens is 1. The first kappa shape index (κ1) is 17.6. The molecular weight excluding hydrogens is 268 g/mol. The minimum Gasteiger partial charge on any atom is -0.389 e. The predicted molar refractivity (Wildman–Crippen MR) is 87.4 cm³/mol. The third-order valence-electron chi connectivity index (χ3n) is 3.88. The second-order valence-electron chi connectivity index (χ2n) is 7.33. The van der Waals surface area contributed by atoms with E-state index in [0.717, 1.165) is 5.69 Å². The number of nitrogens with zero attached hydrogens (tertiary/aromatic N) is 1. The van der Waals surface area contributed by atoms with Crippen molar-refractivity contribution in [2.75, 3.05) is 6.54 Å². The molecule has 2 unspecified atom stereocenters. The van der Waals surface area contributed by atoms with Crippen LogP contribution < -0.4 is 5.32 Å². The molecule has 0 aliphatic heterocycles. The van der Waals surface area contributed by atoms with Crippen molar-refractivity contribution < 1.29 is 5.11 Å². The van der Waals surface area contributed by atoms with Crippen LogP contribution in [-0.4, -0.2) is 22.2 Å². The average Bonchev–Trinajstić information content (AvgIpc) is 2.68. The highest BCUT2D eigenvalue weighted by molar-refractivity contribution is 7.12. The highest BCUT2D eigenvalue weighted by Crippen LogP contribution is 2.32. The summed E-state index contributed by atoms with van der Waals surface area (Å²) in [6.07, 6.45) is 0. The summed E-state index contributed by atoms with van der Waals surface area (Å²) >= 11 is 1.78. The summed E-state index contributed by atoms with van der Waals surface area (Å²) in [6, 6.07) is 0.217. The summed E-state index contributed by atoms with van der Waals surface area (Å²) in [6.45, 7) is 17.4. The standard InChI is InChI=1S/C16H30N2OS/c1-10(2)16(8,19)9-17-11(3)13-12(4)18-14(20-13)15(5,6)7/h10-11,17,19H,9H2,1-8H3. The Balaban J connectivity index is 2.79. The third-order valence-corrected chi connectivity index (χ3v) is 5.64. The Hall–Kier alpha value is -0.450. The highest BCUT2D eigenvalue weighted by Gasteiger charge is 2.27. The van der Waals surface area contributed by atoms with Gasteiger partial charge in [0.1, 0.15) is 0 Å². The molecule has 1 heterocycles. The summed E-state index contributed by atoms with van der Waals surface area (Å²) < 4.78 is 0. The van der Waals surface area contributed by atoms with Crippen molar-refractivity contribution in [3.63, 3.8) is 0 Å². The van der Waals surface area contributed by atoms with Crippen LogP contribution in [0.15, 0.2) is 0 Å². The zero-order valence-corrected chi connectivity index (χ0v) is 15.0. The van der Waals surface area contributed by atoms with Crippen molar-refractivity contribution in [1.82, 2.24) is 10.3 Å². The Morgan fingerprint density at radius 1 is 1.20 bits per heavy atom. The van der Waals surface area contributed by atoms with Gasteiger partial charge in [-0.25, -0.2) is 4.98 Å². The topological polar surface area (TPSA) is 45.2 Å². The molecule has 0 aromatic carbocycles. The Labute approximate surface area is 127 Å². The molecule has 0 aliphatic carbocycles. The SMILES string of the molecule is Cc1nc(C(C)(C)C)sc1C(C)NCC(C)(O)C(C)C. The number of hydrogen-bond acceptors (Lipinski definition) is 4. The molecule has 0 radical (unpaired) electrons. The van der Waals surface area contributed by atoms with Gasteiger partial charge < -0.3 is 10.4 Å². The molecule has 0 bridgehead atoms. The van der Waals surface area contributed by atoms with Gasteiger partial charge in [-0.1, -0.05) is 34.6 Å². The fourth-order valence-corrected chi connectivity index (χ4v) is 2.94. The maximum Gasteiger partial charge on any atom is 0.0985 e. The molecule has 0 spiro atoms. The lowest BCUT2D eigenvalue weighted by atomic mass is 9.92. The van der Waals surface area contributed by atoms with Crippen LogP contribution in [0.25, 0.3) is 0 Å². The maximum absolute atomic E-state index is 10.3. The van der Waals surface area contributed by atoms with Crippen LogP contribution in [0.3, 0.4) is 0 Å². The normalized spacial score (nSPS) is 17.3. The van der Waals surface area contributed by atoms with Crippen molar-refractivity contribution in [3.8, 4) is 0 Å². The predicted octanol–water partition coefficient (Wildman–Crippen LogP) is 3.81. The smallest absolute Gasteiger partial charge is 0.0985 e. The molecule has 0 aliphatic rings. The van der Waals surface area contributed by atoms with E-state index < -0.39 is 5.60 Å². The van der Waals surface area contributed by atoms with E-state index >= 15 is 0 Å². The first-order valence-electron chi connectivity index (χ1n) is 7.38. The molecule has 0 amide bonds. The average molecular weight is 298 g/mol. The number of aliphatic hydroxyl groups is 1. The van der Waals surface area contributed by atoms with Gasteiger partial charge in [0, 0.05) is 22.9 Å². The number of thiazole rings is 1. The molecule has 3 nitrogen and oxygen atoms in total. The van der Waals surface area contributed by atoms with Gasteiger partial charge in [-0.3, -0.25) is 0 Å². The molecule has 1 aromatic rings. The second-order valence-corrected chi connectivity index (χ2v) is 8.36. The molecule has 0 saturated heterocycles. The molecule has 2 atom stereocenters. The number of nitrogens with one attached hydrogen (secondary N) is 1. The Morgan fingerprint density at radius 3 is 2.15 bits per heavy atom. The summed E-state index contributed by atoms with van der Waals surface area (Å²) in [7, 11) is 0. The van der Waals surface area contributed by atoms with Gasteiger partial charge in [0.2, 0.25) is 0 Å². The lowest BCUT2D eigenvalue weighted by Gasteiger charge is -2.29. The summed E-state index contributed by atoms with van der Waals surface area (Å²) in [5, 5.41) is 14.9. The van der Waals surface area contributed by atoms with Gasteiger partial charge in [-0.2, -0.15) is 0 Å². The van der Waals surface area contributed by atoms with E-state index in [0.29, 0.717) is 6.54 Å². The van der Waals surface area contributed by atoms with Crippen molar-refractivity contribution in [1.29, 1.82) is 0 Å². The molecule has 1 rings (SSSR count). The van der Waals surface area contributed by atoms with Crippen molar-refractivity contribution in [2.24, 2.45) is 5.92 Å². The zero-order chi connectivity index (χ0) is 15.7. The molecule has 116 valence electrons. The molecular formula is C16H30N2OS. The van der Waals surface area contributed by atoms with E-state index in [4.69, 9.17) is 4.98 Å². The quantitative estimate of drug-likeness (QED) is 0.869. The van der Waals surface area contributed by atoms with Crippen LogP contribution >= 0.6 is 11.3 Å². The van der Waals surface area contributed by atoms with E-state index in [1.807, 2.05) is 20.8 Å². The Morgan fingerprint density at radius 2 is 1.75 bits per heavy atom. The lowest BCUT2D eigenvalue weighted by molar-refractivity contribution is 0.0122.